The smallest absolute Gasteiger partial charge is 0.188 e. The number of rotatable bonds is 4. The summed E-state index contributed by atoms with van der Waals surface area (Å²) in [4.78, 5) is 9.79. The van der Waals surface area contributed by atoms with Crippen molar-refractivity contribution in [1.82, 2.24) is 4.57 Å². The molecule has 0 fully saturated rings. The number of anilines is 3. The molecule has 7 aromatic carbocycles. The van der Waals surface area contributed by atoms with E-state index in [0.717, 1.165) is 44.6 Å². The van der Waals surface area contributed by atoms with Crippen LogP contribution in [0.25, 0.3) is 37.2 Å². The van der Waals surface area contributed by atoms with Crippen LogP contribution in [0.2, 0.25) is 0 Å². The molecule has 2 heterocycles. The van der Waals surface area contributed by atoms with Gasteiger partial charge in [0.2, 0.25) is 0 Å². The summed E-state index contributed by atoms with van der Waals surface area (Å²) in [6, 6.07) is 59.6. The van der Waals surface area contributed by atoms with Crippen LogP contribution in [0.3, 0.4) is 0 Å². The van der Waals surface area contributed by atoms with Crippen LogP contribution >= 0.6 is 0 Å². The number of hydrogen-bond donors (Lipinski definition) is 0. The Morgan fingerprint density at radius 3 is 1.41 bits per heavy atom. The van der Waals surface area contributed by atoms with Gasteiger partial charge in [-0.05, 0) is 87.6 Å². The summed E-state index contributed by atoms with van der Waals surface area (Å²) in [5, 5.41) is 1.92. The highest BCUT2D eigenvalue weighted by Crippen LogP contribution is 2.57. The van der Waals surface area contributed by atoms with Crippen LogP contribution in [0.1, 0.15) is 22.3 Å². The molecule has 0 unspecified atom stereocenters. The first-order valence-electron chi connectivity index (χ1n) is 16.3. The Hall–Kier alpha value is -6.88. The number of nitrogens with zero attached hydrogens (tertiary/aromatic N) is 4. The molecule has 0 atom stereocenters. The van der Waals surface area contributed by atoms with Gasteiger partial charge in [-0.2, -0.15) is 0 Å². The van der Waals surface area contributed by atoms with Crippen molar-refractivity contribution in [3.63, 3.8) is 0 Å². The van der Waals surface area contributed by atoms with Gasteiger partial charge in [0.15, 0.2) is 11.4 Å². The Bertz CT molecular complexity index is 2480. The van der Waals surface area contributed by atoms with Gasteiger partial charge in [0.25, 0.3) is 0 Å². The molecule has 8 aromatic rings. The second-order valence-electron chi connectivity index (χ2n) is 12.3. The number of benzene rings is 7. The predicted molar refractivity (Wildman–Crippen MR) is 200 cm³/mol. The lowest BCUT2D eigenvalue weighted by Gasteiger charge is -2.46. The average Bonchev–Trinajstić information content (AvgIpc) is 3.50. The van der Waals surface area contributed by atoms with Gasteiger partial charge in [-0.25, -0.2) is 9.69 Å². The molecule has 0 amide bonds. The Balaban J connectivity index is 1.31. The van der Waals surface area contributed by atoms with E-state index in [2.05, 4.69) is 153 Å². The van der Waals surface area contributed by atoms with Crippen molar-refractivity contribution in [1.29, 1.82) is 0 Å². The zero-order valence-electron chi connectivity index (χ0n) is 26.5. The minimum Gasteiger partial charge on any atom is -0.310 e. The molecule has 4 heteroatoms. The molecule has 49 heavy (non-hydrogen) atoms. The first kappa shape index (κ1) is 28.4. The zero-order valence-corrected chi connectivity index (χ0v) is 26.5. The lowest BCUT2D eigenvalue weighted by Crippen LogP contribution is -2.37. The van der Waals surface area contributed by atoms with E-state index >= 15 is 0 Å². The summed E-state index contributed by atoms with van der Waals surface area (Å²) in [5.74, 6) is 0. The maximum absolute atomic E-state index is 7.64. The predicted octanol–water partition coefficient (Wildman–Crippen LogP) is 12.1. The molecule has 0 N–H and O–H groups in total. The quantitative estimate of drug-likeness (QED) is 0.178. The highest BCUT2D eigenvalue weighted by atomic mass is 15.2. The van der Waals surface area contributed by atoms with Crippen molar-refractivity contribution < 1.29 is 0 Å². The second kappa shape index (κ2) is 11.1. The van der Waals surface area contributed by atoms with Gasteiger partial charge in [-0.3, -0.25) is 0 Å². The molecule has 9 rings (SSSR count). The Kier molecular flexibility index (Phi) is 6.44. The van der Waals surface area contributed by atoms with E-state index in [1.54, 1.807) is 0 Å². The highest BCUT2D eigenvalue weighted by Gasteiger charge is 2.46. The number of para-hydroxylation sites is 2. The SMILES string of the molecule is [C-]#[N+]c1ccc2c(c1)c1cc([N+]#[C-])ccc1n2-c1cccc(N2c3ccccc3C(c3ccccc3)(c3ccccc3)c3ccccc32)c1. The largest absolute Gasteiger partial charge is 0.310 e. The summed E-state index contributed by atoms with van der Waals surface area (Å²) >= 11 is 0. The molecular formula is C45H28N4. The second-order valence-corrected chi connectivity index (χ2v) is 12.3. The first-order valence-corrected chi connectivity index (χ1v) is 16.3. The lowest BCUT2D eigenvalue weighted by molar-refractivity contribution is 0.731. The van der Waals surface area contributed by atoms with Crippen molar-refractivity contribution in [2.24, 2.45) is 0 Å². The van der Waals surface area contributed by atoms with Gasteiger partial charge in [-0.15, -0.1) is 0 Å². The van der Waals surface area contributed by atoms with Crippen LogP contribution in [-0.2, 0) is 5.41 Å². The van der Waals surface area contributed by atoms with E-state index < -0.39 is 5.41 Å². The van der Waals surface area contributed by atoms with Crippen LogP contribution in [-0.4, -0.2) is 4.57 Å². The minimum absolute atomic E-state index is 0.530. The van der Waals surface area contributed by atoms with Crippen LogP contribution in [0, 0.1) is 13.1 Å². The Labute approximate surface area is 285 Å². The Morgan fingerprint density at radius 1 is 0.429 bits per heavy atom. The van der Waals surface area contributed by atoms with Crippen LogP contribution < -0.4 is 4.90 Å². The molecule has 0 saturated carbocycles. The van der Waals surface area contributed by atoms with Crippen molar-refractivity contribution in [3.8, 4) is 5.69 Å². The summed E-state index contributed by atoms with van der Waals surface area (Å²) < 4.78 is 2.25. The minimum atomic E-state index is -0.530. The monoisotopic (exact) mass is 624 g/mol. The third-order valence-electron chi connectivity index (χ3n) is 9.85. The fourth-order valence-corrected chi connectivity index (χ4v) is 7.88. The molecule has 0 radical (unpaired) electrons. The molecule has 0 spiro atoms. The average molecular weight is 625 g/mol. The topological polar surface area (TPSA) is 16.9 Å². The van der Waals surface area contributed by atoms with E-state index in [1.165, 1.54) is 22.3 Å². The standard InChI is InChI=1S/C45H28N4/c1-46-33-24-26-41-37(28-33)38-29-34(47-2)25-27-42(38)48(41)35-18-13-19-36(30-35)49-43-22-11-9-20-39(43)45(31-14-5-3-6-15-31,32-16-7-4-8-17-32)40-21-10-12-23-44(40)49/h3-30H. The number of fused-ring (bicyclic) bond motifs is 5. The van der Waals surface area contributed by atoms with Crippen LogP contribution in [0.4, 0.5) is 28.4 Å². The third-order valence-corrected chi connectivity index (χ3v) is 9.85. The van der Waals surface area contributed by atoms with E-state index in [1.807, 2.05) is 36.4 Å². The molecule has 0 aliphatic carbocycles. The van der Waals surface area contributed by atoms with Gasteiger partial charge in [0, 0.05) is 11.4 Å². The van der Waals surface area contributed by atoms with Crippen molar-refractivity contribution in [2.45, 2.75) is 5.41 Å². The fraction of sp³-hybridized carbons (Fsp3) is 0.0222. The van der Waals surface area contributed by atoms with Crippen LogP contribution in [0.15, 0.2) is 170 Å². The van der Waals surface area contributed by atoms with Gasteiger partial charge in [-0.1, -0.05) is 115 Å². The van der Waals surface area contributed by atoms with E-state index in [4.69, 9.17) is 13.1 Å². The van der Waals surface area contributed by atoms with E-state index in [0.29, 0.717) is 11.4 Å². The number of hydrogen-bond acceptors (Lipinski definition) is 1. The van der Waals surface area contributed by atoms with Crippen molar-refractivity contribution in [2.75, 3.05) is 4.90 Å². The first-order chi connectivity index (χ1) is 24.2. The van der Waals surface area contributed by atoms with Gasteiger partial charge < -0.3 is 9.47 Å². The summed E-state index contributed by atoms with van der Waals surface area (Å²) in [6.45, 7) is 15.3. The molecule has 1 aliphatic rings. The fourth-order valence-electron chi connectivity index (χ4n) is 7.88. The maximum atomic E-state index is 7.64. The molecule has 228 valence electrons. The van der Waals surface area contributed by atoms with E-state index in [9.17, 15) is 0 Å². The molecular weight excluding hydrogens is 597 g/mol. The molecule has 0 saturated heterocycles. The Morgan fingerprint density at radius 2 is 0.898 bits per heavy atom. The molecule has 4 nitrogen and oxygen atoms in total. The maximum Gasteiger partial charge on any atom is 0.188 e. The summed E-state index contributed by atoms with van der Waals surface area (Å²) in [5.41, 5.74) is 11.8. The molecule has 1 aromatic heterocycles. The van der Waals surface area contributed by atoms with E-state index in [-0.39, 0.29) is 0 Å². The summed E-state index contributed by atoms with van der Waals surface area (Å²) in [6.07, 6.45) is 0. The van der Waals surface area contributed by atoms with Crippen molar-refractivity contribution in [3.05, 3.63) is 215 Å². The third kappa shape index (κ3) is 4.15. The highest BCUT2D eigenvalue weighted by molar-refractivity contribution is 6.11. The zero-order chi connectivity index (χ0) is 33.0. The van der Waals surface area contributed by atoms with Gasteiger partial charge in [0.05, 0.1) is 41.0 Å². The number of aromatic nitrogens is 1. The van der Waals surface area contributed by atoms with Gasteiger partial charge in [0.1, 0.15) is 0 Å². The summed E-state index contributed by atoms with van der Waals surface area (Å²) in [7, 11) is 0. The van der Waals surface area contributed by atoms with Crippen molar-refractivity contribution >= 4 is 50.2 Å². The lowest BCUT2D eigenvalue weighted by atomic mass is 9.62. The van der Waals surface area contributed by atoms with Gasteiger partial charge >= 0.3 is 0 Å². The normalized spacial score (nSPS) is 13.0. The molecule has 0 bridgehead atoms. The molecule has 1 aliphatic heterocycles. The van der Waals surface area contributed by atoms with Crippen LogP contribution in [0.5, 0.6) is 0 Å².